The quantitative estimate of drug-likeness (QED) is 0.564. The number of carbonyl (C=O) groups is 1. The first-order valence-corrected chi connectivity index (χ1v) is 10.4. The number of rotatable bonds is 9. The Balaban J connectivity index is 1.70. The van der Waals surface area contributed by atoms with Crippen LogP contribution in [-0.4, -0.2) is 54.5 Å². The highest BCUT2D eigenvalue weighted by Crippen LogP contribution is 2.33. The number of likely N-dealkylation sites (N-methyl/N-ethyl adjacent to an activating group) is 1. The van der Waals surface area contributed by atoms with E-state index in [1.54, 1.807) is 25.3 Å². The van der Waals surface area contributed by atoms with E-state index in [0.717, 1.165) is 12.1 Å². The molecule has 158 valence electrons. The molecule has 0 atom stereocenters. The smallest absolute Gasteiger partial charge is 0.298 e. The van der Waals surface area contributed by atoms with E-state index in [1.807, 2.05) is 19.0 Å². The second-order valence-corrected chi connectivity index (χ2v) is 7.88. The maximum Gasteiger partial charge on any atom is 0.298 e. The molecule has 1 N–H and O–H groups in total. The van der Waals surface area contributed by atoms with Crippen molar-refractivity contribution in [3.63, 3.8) is 0 Å². The molecule has 0 aliphatic rings. The van der Waals surface area contributed by atoms with Crippen LogP contribution in [0, 0.1) is 6.92 Å². The van der Waals surface area contributed by atoms with Gasteiger partial charge in [-0.2, -0.15) is 9.36 Å². The summed E-state index contributed by atoms with van der Waals surface area (Å²) in [6, 6.07) is 13.4. The van der Waals surface area contributed by atoms with Gasteiger partial charge in [-0.05, 0) is 44.8 Å². The summed E-state index contributed by atoms with van der Waals surface area (Å²) in [6.07, 6.45) is 0.631. The number of aryl methyl sites for hydroxylation is 1. The number of nitrogens with zero attached hydrogens (tertiary/aromatic N) is 3. The van der Waals surface area contributed by atoms with Gasteiger partial charge in [0.15, 0.2) is 17.3 Å². The fourth-order valence-corrected chi connectivity index (χ4v) is 3.29. The molecule has 1 heterocycles. The second kappa shape index (κ2) is 10.2. The highest BCUT2D eigenvalue weighted by atomic mass is 32.1. The Kier molecular flexibility index (Phi) is 7.37. The number of hydrogen-bond donors (Lipinski definition) is 1. The monoisotopic (exact) mass is 426 g/mol. The number of benzene rings is 2. The topological polar surface area (TPSA) is 76.6 Å². The molecule has 7 nitrogen and oxygen atoms in total. The van der Waals surface area contributed by atoms with Gasteiger partial charge in [-0.1, -0.05) is 29.8 Å². The molecule has 0 fully saturated rings. The van der Waals surface area contributed by atoms with Gasteiger partial charge < -0.3 is 19.7 Å². The van der Waals surface area contributed by atoms with Crippen LogP contribution >= 0.6 is 11.5 Å². The second-order valence-electron chi connectivity index (χ2n) is 7.17. The summed E-state index contributed by atoms with van der Waals surface area (Å²) in [6.45, 7) is 3.38. The number of hydrogen-bond acceptors (Lipinski definition) is 7. The molecule has 0 aliphatic heterocycles. The molecule has 1 aromatic heterocycles. The van der Waals surface area contributed by atoms with Crippen molar-refractivity contribution in [3.8, 4) is 16.7 Å². The Bertz CT molecular complexity index is 986. The fraction of sp³-hybridized carbons (Fsp3) is 0.318. The average molecular weight is 427 g/mol. The third-order valence-corrected chi connectivity index (χ3v) is 5.03. The minimum absolute atomic E-state index is 0.165. The zero-order chi connectivity index (χ0) is 21.5. The third-order valence-electron chi connectivity index (χ3n) is 4.40. The van der Waals surface area contributed by atoms with Crippen LogP contribution in [0.2, 0.25) is 0 Å². The lowest BCUT2D eigenvalue weighted by Gasteiger charge is -2.12. The van der Waals surface area contributed by atoms with Crippen molar-refractivity contribution in [1.29, 1.82) is 0 Å². The van der Waals surface area contributed by atoms with Crippen LogP contribution < -0.4 is 14.8 Å². The molecule has 8 heteroatoms. The summed E-state index contributed by atoms with van der Waals surface area (Å²) in [5.41, 5.74) is 2.85. The normalized spacial score (nSPS) is 10.8. The molecule has 0 bridgehead atoms. The maximum absolute atomic E-state index is 12.4. The largest absolute Gasteiger partial charge is 0.493 e. The summed E-state index contributed by atoms with van der Waals surface area (Å²) < 4.78 is 15.7. The van der Waals surface area contributed by atoms with E-state index >= 15 is 0 Å². The predicted molar refractivity (Wildman–Crippen MR) is 118 cm³/mol. The highest BCUT2D eigenvalue weighted by Gasteiger charge is 2.14. The average Bonchev–Trinajstić information content (AvgIpc) is 3.16. The molecule has 0 radical (unpaired) electrons. The minimum Gasteiger partial charge on any atom is -0.493 e. The predicted octanol–water partition coefficient (Wildman–Crippen LogP) is 3.53. The van der Waals surface area contributed by atoms with Gasteiger partial charge >= 0.3 is 0 Å². The highest BCUT2D eigenvalue weighted by molar-refractivity contribution is 7.07. The lowest BCUT2D eigenvalue weighted by atomic mass is 10.1. The van der Waals surface area contributed by atoms with E-state index in [-0.39, 0.29) is 5.91 Å². The van der Waals surface area contributed by atoms with E-state index in [2.05, 4.69) is 45.9 Å². The molecule has 3 rings (SSSR count). The summed E-state index contributed by atoms with van der Waals surface area (Å²) in [4.78, 5) is 18.9. The maximum atomic E-state index is 12.4. The molecule has 2 aromatic carbocycles. The Labute approximate surface area is 180 Å². The van der Waals surface area contributed by atoms with Crippen LogP contribution in [0.15, 0.2) is 42.5 Å². The van der Waals surface area contributed by atoms with Gasteiger partial charge in [-0.15, -0.1) is 0 Å². The molecular weight excluding hydrogens is 400 g/mol. The number of aromatic nitrogens is 2. The van der Waals surface area contributed by atoms with E-state index in [4.69, 9.17) is 9.47 Å². The van der Waals surface area contributed by atoms with Gasteiger partial charge in [0.25, 0.3) is 11.1 Å². The lowest BCUT2D eigenvalue weighted by molar-refractivity contribution is 0.0950. The van der Waals surface area contributed by atoms with Crippen molar-refractivity contribution in [2.75, 3.05) is 34.3 Å². The lowest BCUT2D eigenvalue weighted by Crippen LogP contribution is -2.31. The molecule has 1 amide bonds. The van der Waals surface area contributed by atoms with Gasteiger partial charge in [0.1, 0.15) is 0 Å². The molecule has 0 saturated heterocycles. The van der Waals surface area contributed by atoms with Crippen LogP contribution in [0.1, 0.15) is 27.3 Å². The van der Waals surface area contributed by atoms with Crippen LogP contribution in [0.25, 0.3) is 0 Å². The molecule has 0 spiro atoms. The Morgan fingerprint density at radius 3 is 2.60 bits per heavy atom. The first-order valence-electron chi connectivity index (χ1n) is 9.61. The molecule has 3 aromatic rings. The summed E-state index contributed by atoms with van der Waals surface area (Å²) in [5, 5.41) is 3.30. The number of nitrogens with one attached hydrogen (secondary N) is 1. The van der Waals surface area contributed by atoms with E-state index in [9.17, 15) is 4.79 Å². The third kappa shape index (κ3) is 6.01. The zero-order valence-electron chi connectivity index (χ0n) is 17.6. The van der Waals surface area contributed by atoms with Crippen molar-refractivity contribution < 1.29 is 14.3 Å². The Morgan fingerprint density at radius 2 is 1.90 bits per heavy atom. The summed E-state index contributed by atoms with van der Waals surface area (Å²) >= 11 is 1.17. The summed E-state index contributed by atoms with van der Waals surface area (Å²) in [5.74, 6) is 1.48. The van der Waals surface area contributed by atoms with Crippen molar-refractivity contribution in [2.24, 2.45) is 0 Å². The number of ether oxygens (including phenoxy) is 2. The number of methoxy groups -OCH3 is 1. The van der Waals surface area contributed by atoms with E-state index < -0.39 is 0 Å². The molecule has 30 heavy (non-hydrogen) atoms. The van der Waals surface area contributed by atoms with Crippen LogP contribution in [0.4, 0.5) is 0 Å². The van der Waals surface area contributed by atoms with Gasteiger partial charge in [0.05, 0.1) is 7.11 Å². The SMILES string of the molecule is COc1ccc(C(=O)NCCN(C)C)cc1Oc1nc(Cc2ccc(C)cc2)ns1. The van der Waals surface area contributed by atoms with Gasteiger partial charge in [0.2, 0.25) is 0 Å². The number of amides is 1. The Morgan fingerprint density at radius 1 is 1.13 bits per heavy atom. The van der Waals surface area contributed by atoms with Crippen molar-refractivity contribution >= 4 is 17.4 Å². The summed E-state index contributed by atoms with van der Waals surface area (Å²) in [7, 11) is 5.48. The molecule has 0 saturated carbocycles. The van der Waals surface area contributed by atoms with E-state index in [1.165, 1.54) is 17.1 Å². The van der Waals surface area contributed by atoms with Crippen LogP contribution in [-0.2, 0) is 6.42 Å². The first-order chi connectivity index (χ1) is 14.4. The minimum atomic E-state index is -0.165. The van der Waals surface area contributed by atoms with Gasteiger partial charge in [0, 0.05) is 36.6 Å². The number of carbonyl (C=O) groups excluding carboxylic acids is 1. The van der Waals surface area contributed by atoms with Crippen LogP contribution in [0.5, 0.6) is 16.7 Å². The zero-order valence-corrected chi connectivity index (χ0v) is 18.5. The fourth-order valence-electron chi connectivity index (χ4n) is 2.73. The van der Waals surface area contributed by atoms with E-state index in [0.29, 0.717) is 41.0 Å². The standard InChI is InChI=1S/C22H26N4O3S/c1-15-5-7-16(8-6-15)13-20-24-22(30-25-20)29-19-14-17(9-10-18(19)28-4)21(27)23-11-12-26(2)3/h5-10,14H,11-13H2,1-4H3,(H,23,27). The van der Waals surface area contributed by atoms with Gasteiger partial charge in [-0.3, -0.25) is 4.79 Å². The Hall–Kier alpha value is -2.97. The first kappa shape index (κ1) is 21.7. The molecular formula is C22H26N4O3S. The molecule has 0 aliphatic carbocycles. The van der Waals surface area contributed by atoms with Crippen LogP contribution in [0.3, 0.4) is 0 Å². The van der Waals surface area contributed by atoms with Crippen molar-refractivity contribution in [3.05, 3.63) is 65.0 Å². The van der Waals surface area contributed by atoms with Crippen molar-refractivity contribution in [1.82, 2.24) is 19.6 Å². The van der Waals surface area contributed by atoms with Crippen molar-refractivity contribution in [2.45, 2.75) is 13.3 Å². The molecule has 0 unspecified atom stereocenters. The van der Waals surface area contributed by atoms with Gasteiger partial charge in [-0.25, -0.2) is 0 Å².